The smallest absolute Gasteiger partial charge is 0.405 e. The summed E-state index contributed by atoms with van der Waals surface area (Å²) in [6, 6.07) is 2.38. The molecule has 1 aromatic carbocycles. The molecule has 126 valence electrons. The molecule has 0 radical (unpaired) electrons. The highest BCUT2D eigenvalue weighted by Gasteiger charge is 2.46. The fourth-order valence-corrected chi connectivity index (χ4v) is 3.30. The number of nitrogens with two attached hydrogens (primary N) is 1. The molecule has 0 saturated carbocycles. The van der Waals surface area contributed by atoms with Crippen LogP contribution < -0.4 is 15.2 Å². The van der Waals surface area contributed by atoms with Crippen LogP contribution in [0.5, 0.6) is 11.5 Å². The van der Waals surface area contributed by atoms with Crippen LogP contribution in [0.4, 0.5) is 13.2 Å². The molecule has 22 heavy (non-hydrogen) atoms. The first-order chi connectivity index (χ1) is 10.1. The van der Waals surface area contributed by atoms with Gasteiger partial charge in [0.15, 0.2) is 15.1 Å². The van der Waals surface area contributed by atoms with E-state index in [2.05, 4.69) is 0 Å². The Hall–Kier alpha value is -1.48. The Morgan fingerprint density at radius 2 is 1.73 bits per heavy atom. The molecule has 0 bridgehead atoms. The molecule has 0 aliphatic heterocycles. The van der Waals surface area contributed by atoms with Crippen molar-refractivity contribution in [1.29, 1.82) is 0 Å². The van der Waals surface area contributed by atoms with Crippen LogP contribution in [0.2, 0.25) is 0 Å². The monoisotopic (exact) mass is 341 g/mol. The van der Waals surface area contributed by atoms with Crippen LogP contribution in [-0.4, -0.2) is 40.6 Å². The Kier molecular flexibility index (Phi) is 5.69. The maximum atomic E-state index is 12.8. The summed E-state index contributed by atoms with van der Waals surface area (Å²) in [4.78, 5) is -0.558. The molecule has 1 atom stereocenters. The zero-order valence-electron chi connectivity index (χ0n) is 12.4. The van der Waals surface area contributed by atoms with Crippen molar-refractivity contribution in [3.63, 3.8) is 0 Å². The minimum absolute atomic E-state index is 0.152. The van der Waals surface area contributed by atoms with Crippen LogP contribution in [0, 0.1) is 0 Å². The Morgan fingerprint density at radius 3 is 2.14 bits per heavy atom. The van der Waals surface area contributed by atoms with Crippen molar-refractivity contribution < 1.29 is 31.1 Å². The molecule has 0 aliphatic carbocycles. The van der Waals surface area contributed by atoms with E-state index in [1.54, 1.807) is 0 Å². The Morgan fingerprint density at radius 1 is 1.18 bits per heavy atom. The maximum absolute atomic E-state index is 12.8. The fraction of sp³-hybridized carbons (Fsp3) is 0.538. The van der Waals surface area contributed by atoms with E-state index in [4.69, 9.17) is 15.2 Å². The third-order valence-electron chi connectivity index (χ3n) is 3.21. The predicted molar refractivity (Wildman–Crippen MR) is 75.0 cm³/mol. The largest absolute Gasteiger partial charge is 0.496 e. The van der Waals surface area contributed by atoms with Crippen molar-refractivity contribution in [3.8, 4) is 11.5 Å². The van der Waals surface area contributed by atoms with E-state index in [1.165, 1.54) is 20.3 Å². The first kappa shape index (κ1) is 18.6. The van der Waals surface area contributed by atoms with Gasteiger partial charge in [0.1, 0.15) is 16.4 Å². The molecule has 2 N–H and O–H groups in total. The number of ether oxygens (including phenoxy) is 2. The number of alkyl halides is 3. The number of sulfone groups is 1. The Labute approximate surface area is 127 Å². The lowest BCUT2D eigenvalue weighted by Gasteiger charge is -2.19. The van der Waals surface area contributed by atoms with E-state index in [9.17, 15) is 21.6 Å². The van der Waals surface area contributed by atoms with Gasteiger partial charge in [-0.05, 0) is 31.5 Å². The van der Waals surface area contributed by atoms with Gasteiger partial charge in [0.05, 0.1) is 14.2 Å². The number of benzene rings is 1. The fourth-order valence-electron chi connectivity index (χ4n) is 1.87. The van der Waals surface area contributed by atoms with Gasteiger partial charge in [0.25, 0.3) is 0 Å². The predicted octanol–water partition coefficient (Wildman–Crippen LogP) is 1.93. The number of hydrogen-bond acceptors (Lipinski definition) is 5. The molecule has 0 amide bonds. The summed E-state index contributed by atoms with van der Waals surface area (Å²) in [6.07, 6.45) is -4.51. The van der Waals surface area contributed by atoms with Crippen LogP contribution >= 0.6 is 0 Å². The van der Waals surface area contributed by atoms with Gasteiger partial charge in [-0.15, -0.1) is 0 Å². The minimum atomic E-state index is -4.88. The molecular formula is C13H18F3NO4S. The number of methoxy groups -OCH3 is 2. The van der Waals surface area contributed by atoms with Crippen molar-refractivity contribution in [2.24, 2.45) is 5.73 Å². The van der Waals surface area contributed by atoms with E-state index in [1.807, 2.05) is 0 Å². The summed E-state index contributed by atoms with van der Waals surface area (Å²) in [5.74, 6) is -0.0143. The third-order valence-corrected chi connectivity index (χ3v) is 5.34. The molecule has 0 heterocycles. The second-order valence-electron chi connectivity index (χ2n) is 4.58. The van der Waals surface area contributed by atoms with Crippen LogP contribution in [0.15, 0.2) is 17.0 Å². The molecule has 0 fully saturated rings. The summed E-state index contributed by atoms with van der Waals surface area (Å²) in [7, 11) is -2.18. The first-order valence-electron chi connectivity index (χ1n) is 6.35. The van der Waals surface area contributed by atoms with E-state index >= 15 is 0 Å². The van der Waals surface area contributed by atoms with Gasteiger partial charge in [-0.1, -0.05) is 0 Å². The summed E-state index contributed by atoms with van der Waals surface area (Å²) in [6.45, 7) is 0.861. The molecule has 0 aliphatic rings. The van der Waals surface area contributed by atoms with Crippen molar-refractivity contribution in [3.05, 3.63) is 17.7 Å². The molecule has 0 saturated heterocycles. The van der Waals surface area contributed by atoms with Gasteiger partial charge >= 0.3 is 6.18 Å². The highest BCUT2D eigenvalue weighted by atomic mass is 32.2. The molecule has 5 nitrogen and oxygen atoms in total. The molecule has 9 heteroatoms. The van der Waals surface area contributed by atoms with Gasteiger partial charge in [0.2, 0.25) is 0 Å². The summed E-state index contributed by atoms with van der Waals surface area (Å²) < 4.78 is 72.8. The lowest BCUT2D eigenvalue weighted by molar-refractivity contribution is -0.126. The first-order valence-corrected chi connectivity index (χ1v) is 7.89. The van der Waals surface area contributed by atoms with Crippen LogP contribution in [0.3, 0.4) is 0 Å². The average Bonchev–Trinajstić information content (AvgIpc) is 2.45. The van der Waals surface area contributed by atoms with Gasteiger partial charge in [-0.25, -0.2) is 8.42 Å². The Bertz CT molecular complexity index is 629. The zero-order valence-corrected chi connectivity index (χ0v) is 13.2. The average molecular weight is 341 g/mol. The highest BCUT2D eigenvalue weighted by Crippen LogP contribution is 2.37. The van der Waals surface area contributed by atoms with Gasteiger partial charge < -0.3 is 15.2 Å². The molecule has 0 aromatic heterocycles. The molecule has 1 rings (SSSR count). The van der Waals surface area contributed by atoms with Crippen molar-refractivity contribution >= 4 is 9.84 Å². The normalized spacial score (nSPS) is 13.8. The zero-order chi connectivity index (χ0) is 17.1. The van der Waals surface area contributed by atoms with E-state index in [0.717, 1.165) is 6.07 Å². The summed E-state index contributed by atoms with van der Waals surface area (Å²) in [5, 5.41) is -2.56. The Balaban J connectivity index is 3.52. The summed E-state index contributed by atoms with van der Waals surface area (Å²) in [5.41, 5.74) is 6.00. The van der Waals surface area contributed by atoms with Crippen molar-refractivity contribution in [1.82, 2.24) is 0 Å². The topological polar surface area (TPSA) is 78.6 Å². The number of hydrogen-bond donors (Lipinski definition) is 1. The molecule has 1 aromatic rings. The minimum Gasteiger partial charge on any atom is -0.496 e. The van der Waals surface area contributed by atoms with Gasteiger partial charge in [-0.3, -0.25) is 0 Å². The lowest BCUT2D eigenvalue weighted by Crippen LogP contribution is -2.34. The SMILES string of the molecule is COc1cc(S(=O)(=O)C(C)C(F)(F)F)c(OC)cc1CCN. The standard InChI is InChI=1S/C13H18F3NO4S/c1-8(13(14,15)16)22(18,19)12-7-10(20-2)9(4-5-17)6-11(12)21-3/h6-8H,4-5,17H2,1-3H3. The molecule has 1 unspecified atom stereocenters. The quantitative estimate of drug-likeness (QED) is 0.855. The third kappa shape index (κ3) is 3.64. The van der Waals surface area contributed by atoms with Gasteiger partial charge in [-0.2, -0.15) is 13.2 Å². The van der Waals surface area contributed by atoms with Crippen LogP contribution in [0.25, 0.3) is 0 Å². The maximum Gasteiger partial charge on any atom is 0.405 e. The summed E-state index contributed by atoms with van der Waals surface area (Å²) >= 11 is 0. The van der Waals surface area contributed by atoms with Crippen molar-refractivity contribution in [2.45, 2.75) is 29.7 Å². The lowest BCUT2D eigenvalue weighted by atomic mass is 10.1. The van der Waals surface area contributed by atoms with E-state index < -0.39 is 26.2 Å². The number of halogens is 3. The van der Waals surface area contributed by atoms with Crippen LogP contribution in [0.1, 0.15) is 12.5 Å². The van der Waals surface area contributed by atoms with Gasteiger partial charge in [0, 0.05) is 6.07 Å². The molecular weight excluding hydrogens is 323 g/mol. The van der Waals surface area contributed by atoms with Crippen LogP contribution in [-0.2, 0) is 16.3 Å². The second-order valence-corrected chi connectivity index (χ2v) is 6.82. The van der Waals surface area contributed by atoms with E-state index in [0.29, 0.717) is 18.9 Å². The molecule has 0 spiro atoms. The van der Waals surface area contributed by atoms with E-state index in [-0.39, 0.29) is 18.0 Å². The number of rotatable bonds is 6. The highest BCUT2D eigenvalue weighted by molar-refractivity contribution is 7.92. The second kappa shape index (κ2) is 6.74. The van der Waals surface area contributed by atoms with Crippen molar-refractivity contribution in [2.75, 3.05) is 20.8 Å².